The van der Waals surface area contributed by atoms with Gasteiger partial charge in [0.1, 0.15) is 5.60 Å². The van der Waals surface area contributed by atoms with Gasteiger partial charge in [-0.05, 0) is 38.3 Å². The summed E-state index contributed by atoms with van der Waals surface area (Å²) >= 11 is 0. The van der Waals surface area contributed by atoms with Gasteiger partial charge in [0.25, 0.3) is 0 Å². The average molecular weight is 277 g/mol. The molecule has 2 rings (SSSR count). The average Bonchev–Trinajstić information content (AvgIpc) is 2.35. The molecule has 0 saturated carbocycles. The molecule has 0 aromatic heterocycles. The number of hydrogen-bond donors (Lipinski definition) is 2. The van der Waals surface area contributed by atoms with E-state index in [2.05, 4.69) is 0 Å². The van der Waals surface area contributed by atoms with Gasteiger partial charge in [-0.15, -0.1) is 0 Å². The Morgan fingerprint density at radius 3 is 2.60 bits per heavy atom. The van der Waals surface area contributed by atoms with Crippen LogP contribution in [0.1, 0.15) is 37.8 Å². The second kappa shape index (κ2) is 5.46. The topological polar surface area (TPSA) is 70.0 Å². The van der Waals surface area contributed by atoms with Gasteiger partial charge in [-0.1, -0.05) is 24.3 Å². The molecule has 1 atom stereocenters. The molecule has 1 heterocycles. The van der Waals surface area contributed by atoms with Crippen molar-refractivity contribution in [1.29, 1.82) is 0 Å². The van der Waals surface area contributed by atoms with Crippen LogP contribution in [0.4, 0.5) is 4.79 Å². The van der Waals surface area contributed by atoms with E-state index in [0.29, 0.717) is 13.0 Å². The number of amides is 1. The van der Waals surface area contributed by atoms with Crippen LogP contribution in [0.25, 0.3) is 0 Å². The monoisotopic (exact) mass is 277 g/mol. The van der Waals surface area contributed by atoms with E-state index in [1.165, 1.54) is 4.90 Å². The molecular weight excluding hydrogens is 257 g/mol. The van der Waals surface area contributed by atoms with Crippen LogP contribution in [0.2, 0.25) is 0 Å². The second-order valence-corrected chi connectivity index (χ2v) is 5.98. The van der Waals surface area contributed by atoms with Gasteiger partial charge < -0.3 is 19.7 Å². The van der Waals surface area contributed by atoms with Crippen molar-refractivity contribution < 1.29 is 19.6 Å². The van der Waals surface area contributed by atoms with E-state index in [-0.39, 0.29) is 0 Å². The Hall–Kier alpha value is -1.53. The van der Waals surface area contributed by atoms with Crippen LogP contribution in [-0.2, 0) is 11.2 Å². The molecule has 1 aliphatic heterocycles. The van der Waals surface area contributed by atoms with E-state index in [0.717, 1.165) is 11.1 Å². The number of rotatable bonds is 1. The zero-order valence-electron chi connectivity index (χ0n) is 12.0. The van der Waals surface area contributed by atoms with Crippen molar-refractivity contribution >= 4 is 13.2 Å². The molecule has 0 spiro atoms. The molecule has 1 aliphatic rings. The van der Waals surface area contributed by atoms with E-state index in [4.69, 9.17) is 4.74 Å². The van der Waals surface area contributed by atoms with Crippen molar-refractivity contribution in [2.24, 2.45) is 0 Å². The van der Waals surface area contributed by atoms with Gasteiger partial charge in [-0.25, -0.2) is 4.79 Å². The zero-order chi connectivity index (χ0) is 14.9. The van der Waals surface area contributed by atoms with Gasteiger partial charge in [0, 0.05) is 6.54 Å². The van der Waals surface area contributed by atoms with Gasteiger partial charge in [0.15, 0.2) is 0 Å². The molecule has 2 N–H and O–H groups in total. The van der Waals surface area contributed by atoms with Crippen molar-refractivity contribution in [3.8, 4) is 0 Å². The molecule has 0 fully saturated rings. The summed E-state index contributed by atoms with van der Waals surface area (Å²) in [4.78, 5) is 13.6. The minimum absolute atomic E-state index is 0.411. The smallest absolute Gasteiger partial charge is 0.444 e. The SMILES string of the molecule is CC(C)(C)OC(=O)N1CCc2ccccc2C1B(O)O. The zero-order valence-corrected chi connectivity index (χ0v) is 12.0. The third kappa shape index (κ3) is 3.14. The Morgan fingerprint density at radius 1 is 1.35 bits per heavy atom. The molecule has 6 heteroatoms. The number of nitrogens with zero attached hydrogens (tertiary/aromatic N) is 1. The van der Waals surface area contributed by atoms with Crippen molar-refractivity contribution in [2.75, 3.05) is 6.54 Å². The molecule has 5 nitrogen and oxygen atoms in total. The van der Waals surface area contributed by atoms with Crippen LogP contribution in [0.5, 0.6) is 0 Å². The van der Waals surface area contributed by atoms with E-state index in [1.807, 2.05) is 24.3 Å². The largest absolute Gasteiger partial charge is 0.480 e. The molecular formula is C14H20BNO4. The normalized spacial score (nSPS) is 18.4. The number of ether oxygens (including phenoxy) is 1. The summed E-state index contributed by atoms with van der Waals surface area (Å²) in [5.41, 5.74) is 1.18. The summed E-state index contributed by atoms with van der Waals surface area (Å²) in [6.45, 7) is 5.77. The van der Waals surface area contributed by atoms with Crippen LogP contribution in [0, 0.1) is 0 Å². The minimum atomic E-state index is -1.64. The van der Waals surface area contributed by atoms with E-state index >= 15 is 0 Å². The predicted octanol–water partition coefficient (Wildman–Crippen LogP) is 1.53. The van der Waals surface area contributed by atoms with Crippen molar-refractivity contribution in [3.63, 3.8) is 0 Å². The van der Waals surface area contributed by atoms with Crippen LogP contribution in [0.3, 0.4) is 0 Å². The fraction of sp³-hybridized carbons (Fsp3) is 0.500. The fourth-order valence-corrected chi connectivity index (χ4v) is 2.45. The van der Waals surface area contributed by atoms with Gasteiger partial charge in [0.05, 0.1) is 5.94 Å². The third-order valence-corrected chi connectivity index (χ3v) is 3.24. The van der Waals surface area contributed by atoms with Crippen molar-refractivity contribution in [1.82, 2.24) is 4.90 Å². The molecule has 0 saturated heterocycles. The van der Waals surface area contributed by atoms with Gasteiger partial charge >= 0.3 is 13.2 Å². The lowest BCUT2D eigenvalue weighted by Gasteiger charge is -2.37. The van der Waals surface area contributed by atoms with E-state index in [9.17, 15) is 14.8 Å². The number of carbonyl (C=O) groups is 1. The first kappa shape index (κ1) is 14.9. The lowest BCUT2D eigenvalue weighted by Crippen LogP contribution is -2.48. The van der Waals surface area contributed by atoms with Gasteiger partial charge in [0.2, 0.25) is 0 Å². The van der Waals surface area contributed by atoms with Crippen LogP contribution >= 0.6 is 0 Å². The Kier molecular flexibility index (Phi) is 4.06. The maximum Gasteiger partial charge on any atom is 0.480 e. The highest BCUT2D eigenvalue weighted by atomic mass is 16.6. The van der Waals surface area contributed by atoms with Gasteiger partial charge in [-0.2, -0.15) is 0 Å². The number of fused-ring (bicyclic) bond motifs is 1. The lowest BCUT2D eigenvalue weighted by atomic mass is 9.70. The Morgan fingerprint density at radius 2 is 2.00 bits per heavy atom. The fourth-order valence-electron chi connectivity index (χ4n) is 2.45. The van der Waals surface area contributed by atoms with Crippen LogP contribution in [-0.4, -0.2) is 40.3 Å². The standard InChI is InChI=1S/C14H20BNO4/c1-14(2,3)20-13(17)16-9-8-10-6-4-5-7-11(10)12(16)15(18)19/h4-7,12,18-19H,8-9H2,1-3H3. The predicted molar refractivity (Wildman–Crippen MR) is 76.0 cm³/mol. The highest BCUT2D eigenvalue weighted by Gasteiger charge is 2.40. The quantitative estimate of drug-likeness (QED) is 0.764. The van der Waals surface area contributed by atoms with Crippen molar-refractivity contribution in [2.45, 2.75) is 38.7 Å². The molecule has 0 aliphatic carbocycles. The van der Waals surface area contributed by atoms with E-state index in [1.54, 1.807) is 20.8 Å². The Bertz CT molecular complexity index is 498. The van der Waals surface area contributed by atoms with E-state index < -0.39 is 24.8 Å². The molecule has 1 amide bonds. The maximum absolute atomic E-state index is 12.2. The molecule has 108 valence electrons. The molecule has 1 aromatic carbocycles. The minimum Gasteiger partial charge on any atom is -0.444 e. The molecule has 1 aromatic rings. The summed E-state index contributed by atoms with van der Waals surface area (Å²) in [5.74, 6) is -0.783. The first-order valence-corrected chi connectivity index (χ1v) is 6.73. The summed E-state index contributed by atoms with van der Waals surface area (Å²) in [6, 6.07) is 7.49. The highest BCUT2D eigenvalue weighted by Crippen LogP contribution is 2.31. The first-order valence-electron chi connectivity index (χ1n) is 6.73. The number of carbonyl (C=O) groups excluding carboxylic acids is 1. The Labute approximate surface area is 119 Å². The third-order valence-electron chi connectivity index (χ3n) is 3.24. The summed E-state index contributed by atoms with van der Waals surface area (Å²) in [6.07, 6.45) is 0.156. The van der Waals surface area contributed by atoms with Crippen LogP contribution in [0.15, 0.2) is 24.3 Å². The van der Waals surface area contributed by atoms with Crippen molar-refractivity contribution in [3.05, 3.63) is 35.4 Å². The highest BCUT2D eigenvalue weighted by molar-refractivity contribution is 6.43. The molecule has 20 heavy (non-hydrogen) atoms. The summed E-state index contributed by atoms with van der Waals surface area (Å²) < 4.78 is 5.34. The number of benzene rings is 1. The van der Waals surface area contributed by atoms with Gasteiger partial charge in [-0.3, -0.25) is 0 Å². The molecule has 0 bridgehead atoms. The molecule has 1 unspecified atom stereocenters. The Balaban J connectivity index is 2.29. The summed E-state index contributed by atoms with van der Waals surface area (Å²) in [5, 5.41) is 19.3. The number of hydrogen-bond acceptors (Lipinski definition) is 4. The lowest BCUT2D eigenvalue weighted by molar-refractivity contribution is 0.0181. The van der Waals surface area contributed by atoms with Crippen LogP contribution < -0.4 is 0 Å². The summed E-state index contributed by atoms with van der Waals surface area (Å²) in [7, 11) is -1.64. The first-order chi connectivity index (χ1) is 9.29. The molecule has 0 radical (unpaired) electrons. The second-order valence-electron chi connectivity index (χ2n) is 5.98. The maximum atomic E-state index is 12.2.